The van der Waals surface area contributed by atoms with Crippen molar-refractivity contribution in [2.45, 2.75) is 12.1 Å². The minimum Gasteiger partial charge on any atom is -0.497 e. The van der Waals surface area contributed by atoms with Crippen LogP contribution in [0.1, 0.15) is 16.7 Å². The van der Waals surface area contributed by atoms with Gasteiger partial charge in [0.2, 0.25) is 0 Å². The molecule has 0 radical (unpaired) electrons. The monoisotopic (exact) mass is 351 g/mol. The SMILES string of the molecule is COc1ccc(CNC[C@](O)(c2ccccc2)c2ccc(F)cc2)cc1. The van der Waals surface area contributed by atoms with E-state index < -0.39 is 5.60 Å². The van der Waals surface area contributed by atoms with E-state index in [0.29, 0.717) is 18.7 Å². The molecule has 0 heterocycles. The molecule has 0 aliphatic rings. The summed E-state index contributed by atoms with van der Waals surface area (Å²) in [5.41, 5.74) is 1.24. The number of hydrogen-bond acceptors (Lipinski definition) is 3. The maximum absolute atomic E-state index is 13.3. The number of nitrogens with one attached hydrogen (secondary N) is 1. The summed E-state index contributed by atoms with van der Waals surface area (Å²) in [6, 6.07) is 23.2. The molecule has 0 unspecified atom stereocenters. The van der Waals surface area contributed by atoms with Crippen molar-refractivity contribution in [2.24, 2.45) is 0 Å². The zero-order valence-corrected chi connectivity index (χ0v) is 14.7. The van der Waals surface area contributed by atoms with Crippen molar-refractivity contribution in [3.63, 3.8) is 0 Å². The van der Waals surface area contributed by atoms with Crippen molar-refractivity contribution < 1.29 is 14.2 Å². The van der Waals surface area contributed by atoms with Crippen LogP contribution in [0.5, 0.6) is 5.75 Å². The average Bonchev–Trinajstić information content (AvgIpc) is 2.69. The number of aliphatic hydroxyl groups is 1. The summed E-state index contributed by atoms with van der Waals surface area (Å²) in [6.07, 6.45) is 0. The fraction of sp³-hybridized carbons (Fsp3) is 0.182. The van der Waals surface area contributed by atoms with E-state index in [-0.39, 0.29) is 5.82 Å². The van der Waals surface area contributed by atoms with Crippen LogP contribution in [0.2, 0.25) is 0 Å². The lowest BCUT2D eigenvalue weighted by molar-refractivity contribution is 0.0795. The molecular weight excluding hydrogens is 329 g/mol. The van der Waals surface area contributed by atoms with Gasteiger partial charge in [-0.3, -0.25) is 0 Å². The van der Waals surface area contributed by atoms with Gasteiger partial charge in [-0.25, -0.2) is 4.39 Å². The molecule has 1 atom stereocenters. The molecule has 26 heavy (non-hydrogen) atoms. The van der Waals surface area contributed by atoms with Gasteiger partial charge in [0.1, 0.15) is 17.2 Å². The Labute approximate surface area is 153 Å². The highest BCUT2D eigenvalue weighted by Gasteiger charge is 2.31. The van der Waals surface area contributed by atoms with Crippen LogP contribution in [-0.2, 0) is 12.1 Å². The van der Waals surface area contributed by atoms with E-state index in [1.54, 1.807) is 19.2 Å². The van der Waals surface area contributed by atoms with Crippen molar-refractivity contribution >= 4 is 0 Å². The Bertz CT molecular complexity index is 819. The van der Waals surface area contributed by atoms with Crippen LogP contribution in [-0.4, -0.2) is 18.8 Å². The van der Waals surface area contributed by atoms with Crippen LogP contribution in [0.4, 0.5) is 4.39 Å². The van der Waals surface area contributed by atoms with Gasteiger partial charge in [0.05, 0.1) is 7.11 Å². The zero-order chi connectivity index (χ0) is 18.4. The molecule has 0 aliphatic heterocycles. The molecule has 0 saturated carbocycles. The van der Waals surface area contributed by atoms with Crippen molar-refractivity contribution in [3.8, 4) is 5.75 Å². The molecular formula is C22H22FNO2. The molecule has 2 N–H and O–H groups in total. The first-order valence-corrected chi connectivity index (χ1v) is 8.49. The lowest BCUT2D eigenvalue weighted by Crippen LogP contribution is -2.39. The first-order valence-electron chi connectivity index (χ1n) is 8.49. The van der Waals surface area contributed by atoms with Gasteiger partial charge in [0, 0.05) is 13.1 Å². The highest BCUT2D eigenvalue weighted by Crippen LogP contribution is 2.29. The molecule has 0 fully saturated rings. The predicted octanol–water partition coefficient (Wildman–Crippen LogP) is 3.86. The maximum atomic E-state index is 13.3. The highest BCUT2D eigenvalue weighted by molar-refractivity contribution is 5.36. The van der Waals surface area contributed by atoms with Gasteiger partial charge in [-0.1, -0.05) is 54.6 Å². The molecule has 0 saturated heterocycles. The second-order valence-electron chi connectivity index (χ2n) is 6.18. The quantitative estimate of drug-likeness (QED) is 0.679. The number of hydrogen-bond donors (Lipinski definition) is 2. The second kappa shape index (κ2) is 8.13. The van der Waals surface area contributed by atoms with Crippen LogP contribution >= 0.6 is 0 Å². The van der Waals surface area contributed by atoms with Crippen LogP contribution < -0.4 is 10.1 Å². The normalized spacial score (nSPS) is 13.2. The molecule has 3 rings (SSSR count). The minimum absolute atomic E-state index is 0.300. The molecule has 3 nitrogen and oxygen atoms in total. The summed E-state index contributed by atoms with van der Waals surface area (Å²) in [4.78, 5) is 0. The van der Waals surface area contributed by atoms with E-state index in [1.807, 2.05) is 54.6 Å². The molecule has 134 valence electrons. The summed E-state index contributed by atoms with van der Waals surface area (Å²) in [5.74, 6) is 0.483. The third-order valence-corrected chi connectivity index (χ3v) is 4.44. The molecule has 0 aromatic heterocycles. The molecule has 0 aliphatic carbocycles. The Kier molecular flexibility index (Phi) is 5.66. The molecule has 0 spiro atoms. The first kappa shape index (κ1) is 18.1. The van der Waals surface area contributed by atoms with E-state index in [1.165, 1.54) is 12.1 Å². The van der Waals surface area contributed by atoms with Crippen LogP contribution in [0.3, 0.4) is 0 Å². The zero-order valence-electron chi connectivity index (χ0n) is 14.7. The Hall–Kier alpha value is -2.69. The second-order valence-corrected chi connectivity index (χ2v) is 6.18. The summed E-state index contributed by atoms with van der Waals surface area (Å²) in [7, 11) is 1.63. The molecule has 0 bridgehead atoms. The summed E-state index contributed by atoms with van der Waals surface area (Å²) >= 11 is 0. The third kappa shape index (κ3) is 4.10. The van der Waals surface area contributed by atoms with Crippen molar-refractivity contribution in [3.05, 3.63) is 101 Å². The van der Waals surface area contributed by atoms with Gasteiger partial charge >= 0.3 is 0 Å². The van der Waals surface area contributed by atoms with Crippen molar-refractivity contribution in [1.29, 1.82) is 0 Å². The Balaban J connectivity index is 1.78. The molecule has 4 heteroatoms. The van der Waals surface area contributed by atoms with Crippen molar-refractivity contribution in [1.82, 2.24) is 5.32 Å². The topological polar surface area (TPSA) is 41.5 Å². The van der Waals surface area contributed by atoms with Crippen LogP contribution in [0.15, 0.2) is 78.9 Å². The van der Waals surface area contributed by atoms with E-state index in [4.69, 9.17) is 4.74 Å². The summed E-state index contributed by atoms with van der Waals surface area (Å²) in [6.45, 7) is 0.898. The van der Waals surface area contributed by atoms with Gasteiger partial charge in [-0.05, 0) is 41.0 Å². The standard InChI is InChI=1S/C22H22FNO2/c1-26-21-13-7-17(8-14-21)15-24-16-22(25,18-5-3-2-4-6-18)19-9-11-20(23)12-10-19/h2-14,24-25H,15-16H2,1H3/t22-/m0/s1. The fourth-order valence-electron chi connectivity index (χ4n) is 2.94. The maximum Gasteiger partial charge on any atom is 0.127 e. The van der Waals surface area contributed by atoms with Crippen molar-refractivity contribution in [2.75, 3.05) is 13.7 Å². The van der Waals surface area contributed by atoms with Gasteiger partial charge in [-0.2, -0.15) is 0 Å². The first-order chi connectivity index (χ1) is 12.6. The molecule has 0 amide bonds. The number of ether oxygens (including phenoxy) is 1. The largest absolute Gasteiger partial charge is 0.497 e. The van der Waals surface area contributed by atoms with E-state index in [9.17, 15) is 9.50 Å². The Morgan fingerprint density at radius 2 is 1.50 bits per heavy atom. The summed E-state index contributed by atoms with van der Waals surface area (Å²) < 4.78 is 18.5. The third-order valence-electron chi connectivity index (χ3n) is 4.44. The summed E-state index contributed by atoms with van der Waals surface area (Å²) in [5, 5.41) is 14.7. The molecule has 3 aromatic rings. The number of halogens is 1. The molecule has 3 aromatic carbocycles. The Morgan fingerprint density at radius 3 is 2.12 bits per heavy atom. The van der Waals surface area contributed by atoms with E-state index >= 15 is 0 Å². The lowest BCUT2D eigenvalue weighted by atomic mass is 9.86. The Morgan fingerprint density at radius 1 is 0.885 bits per heavy atom. The van der Waals surface area contributed by atoms with Gasteiger partial charge in [0.25, 0.3) is 0 Å². The van der Waals surface area contributed by atoms with Crippen LogP contribution in [0.25, 0.3) is 0 Å². The predicted molar refractivity (Wildman–Crippen MR) is 101 cm³/mol. The smallest absolute Gasteiger partial charge is 0.127 e. The van der Waals surface area contributed by atoms with E-state index in [0.717, 1.165) is 16.9 Å². The van der Waals surface area contributed by atoms with Gasteiger partial charge in [-0.15, -0.1) is 0 Å². The highest BCUT2D eigenvalue weighted by atomic mass is 19.1. The van der Waals surface area contributed by atoms with Gasteiger partial charge in [0.15, 0.2) is 0 Å². The number of benzene rings is 3. The van der Waals surface area contributed by atoms with E-state index in [2.05, 4.69) is 5.32 Å². The van der Waals surface area contributed by atoms with Crippen LogP contribution in [0, 0.1) is 5.82 Å². The minimum atomic E-state index is -1.25. The number of methoxy groups -OCH3 is 1. The average molecular weight is 351 g/mol. The van der Waals surface area contributed by atoms with Gasteiger partial charge < -0.3 is 15.2 Å². The number of rotatable bonds is 7. The lowest BCUT2D eigenvalue weighted by Gasteiger charge is -2.30. The fourth-order valence-corrected chi connectivity index (χ4v) is 2.94.